The van der Waals surface area contributed by atoms with E-state index in [1.54, 1.807) is 0 Å². The molecule has 92 valence electrons. The summed E-state index contributed by atoms with van der Waals surface area (Å²) in [6, 6.07) is 0. The summed E-state index contributed by atoms with van der Waals surface area (Å²) in [5.74, 6) is 1.67. The summed E-state index contributed by atoms with van der Waals surface area (Å²) in [5, 5.41) is 0.729. The Morgan fingerprint density at radius 3 is 2.38 bits per heavy atom. The molecule has 2 aliphatic carbocycles. The fraction of sp³-hybridized carbons (Fsp3) is 1.00. The maximum absolute atomic E-state index is 6.16. The molecule has 16 heavy (non-hydrogen) atoms. The van der Waals surface area contributed by atoms with Crippen molar-refractivity contribution in [3.8, 4) is 0 Å². The molecule has 3 fully saturated rings. The van der Waals surface area contributed by atoms with Gasteiger partial charge < -0.3 is 4.74 Å². The van der Waals surface area contributed by atoms with E-state index >= 15 is 0 Å². The minimum Gasteiger partial charge on any atom is -0.361 e. The fourth-order valence-electron chi connectivity index (χ4n) is 3.33. The highest BCUT2D eigenvalue weighted by atomic mass is 79.9. The average molecular weight is 370 g/mol. The SMILES string of the molecule is CC1(C)O[C@@H]2CC[C@H]3[C@@H](CC[C@H]2S1)C3(Br)Br. The molecule has 0 aromatic carbocycles. The van der Waals surface area contributed by atoms with E-state index in [9.17, 15) is 0 Å². The summed E-state index contributed by atoms with van der Waals surface area (Å²) in [6.45, 7) is 4.42. The van der Waals surface area contributed by atoms with Crippen molar-refractivity contribution in [3.05, 3.63) is 0 Å². The molecule has 0 radical (unpaired) electrons. The number of ether oxygens (including phenoxy) is 1. The Kier molecular flexibility index (Phi) is 2.99. The molecule has 4 atom stereocenters. The topological polar surface area (TPSA) is 9.23 Å². The summed E-state index contributed by atoms with van der Waals surface area (Å²) >= 11 is 9.68. The second-order valence-electron chi connectivity index (χ2n) is 5.75. The van der Waals surface area contributed by atoms with Crippen LogP contribution in [0.3, 0.4) is 0 Å². The molecule has 0 aromatic rings. The molecule has 4 heteroatoms. The molecule has 0 spiro atoms. The third-order valence-electron chi connectivity index (χ3n) is 4.17. The van der Waals surface area contributed by atoms with Gasteiger partial charge in [0.15, 0.2) is 0 Å². The van der Waals surface area contributed by atoms with E-state index in [2.05, 4.69) is 45.7 Å². The molecule has 1 saturated heterocycles. The van der Waals surface area contributed by atoms with Crippen LogP contribution in [-0.4, -0.2) is 19.5 Å². The molecule has 0 amide bonds. The van der Waals surface area contributed by atoms with Gasteiger partial charge in [-0.3, -0.25) is 0 Å². The van der Waals surface area contributed by atoms with E-state index in [0.717, 1.165) is 17.1 Å². The van der Waals surface area contributed by atoms with Crippen molar-refractivity contribution < 1.29 is 4.74 Å². The highest BCUT2D eigenvalue weighted by Gasteiger charge is 2.62. The van der Waals surface area contributed by atoms with Gasteiger partial charge >= 0.3 is 0 Å². The molecule has 1 nitrogen and oxygen atoms in total. The Morgan fingerprint density at radius 1 is 1.06 bits per heavy atom. The minimum absolute atomic E-state index is 0.0454. The summed E-state index contributed by atoms with van der Waals surface area (Å²) in [6.07, 6.45) is 5.70. The van der Waals surface area contributed by atoms with Gasteiger partial charge in [-0.2, -0.15) is 0 Å². The van der Waals surface area contributed by atoms with Crippen molar-refractivity contribution in [1.29, 1.82) is 0 Å². The van der Waals surface area contributed by atoms with Crippen LogP contribution in [0.25, 0.3) is 0 Å². The molecule has 2 saturated carbocycles. The van der Waals surface area contributed by atoms with Crippen molar-refractivity contribution in [3.63, 3.8) is 0 Å². The Labute approximate surface area is 119 Å². The van der Waals surface area contributed by atoms with E-state index < -0.39 is 0 Å². The molecular weight excluding hydrogens is 352 g/mol. The summed E-state index contributed by atoms with van der Waals surface area (Å²) in [7, 11) is 0. The Bertz CT molecular complexity index is 277. The quantitative estimate of drug-likeness (QED) is 0.580. The van der Waals surface area contributed by atoms with Crippen molar-refractivity contribution >= 4 is 43.6 Å². The van der Waals surface area contributed by atoms with Crippen LogP contribution >= 0.6 is 43.6 Å². The van der Waals surface area contributed by atoms with Crippen LogP contribution in [0.2, 0.25) is 0 Å². The van der Waals surface area contributed by atoms with Crippen LogP contribution in [0.5, 0.6) is 0 Å². The number of hydrogen-bond acceptors (Lipinski definition) is 2. The standard InChI is InChI=1S/C12H18Br2OS/c1-11(2)15-9-5-3-7-8(12(7,13)14)4-6-10(9)16-11/h7-10H,3-6H2,1-2H3/t7-,8+,9+,10+/m0/s1. The van der Waals surface area contributed by atoms with Crippen LogP contribution in [-0.2, 0) is 4.74 Å². The number of rotatable bonds is 0. The molecule has 1 aliphatic heterocycles. The Morgan fingerprint density at radius 2 is 1.69 bits per heavy atom. The van der Waals surface area contributed by atoms with Crippen LogP contribution < -0.4 is 0 Å². The molecule has 0 aromatic heterocycles. The van der Waals surface area contributed by atoms with Crippen molar-refractivity contribution in [2.75, 3.05) is 0 Å². The predicted octanol–water partition coefficient (Wildman–Crippen LogP) is 4.53. The van der Waals surface area contributed by atoms with Crippen LogP contribution in [0.4, 0.5) is 0 Å². The van der Waals surface area contributed by atoms with Crippen LogP contribution in [0.15, 0.2) is 0 Å². The van der Waals surface area contributed by atoms with Crippen molar-refractivity contribution in [1.82, 2.24) is 0 Å². The molecule has 0 N–H and O–H groups in total. The van der Waals surface area contributed by atoms with Gasteiger partial charge in [-0.15, -0.1) is 11.8 Å². The van der Waals surface area contributed by atoms with E-state index in [4.69, 9.17) is 4.74 Å². The number of fused-ring (bicyclic) bond motifs is 2. The Balaban J connectivity index is 1.69. The van der Waals surface area contributed by atoms with E-state index in [0.29, 0.717) is 6.10 Å². The van der Waals surface area contributed by atoms with Gasteiger partial charge in [0.05, 0.1) is 9.34 Å². The molecule has 0 unspecified atom stereocenters. The van der Waals surface area contributed by atoms with Gasteiger partial charge in [-0.05, 0) is 51.4 Å². The maximum atomic E-state index is 6.16. The Hall–Kier alpha value is 1.27. The second kappa shape index (κ2) is 3.88. The highest BCUT2D eigenvalue weighted by molar-refractivity contribution is 9.25. The number of thioether (sulfide) groups is 1. The van der Waals surface area contributed by atoms with Crippen LogP contribution in [0, 0.1) is 11.8 Å². The van der Waals surface area contributed by atoms with Gasteiger partial charge in [-0.25, -0.2) is 0 Å². The summed E-state index contributed by atoms with van der Waals surface area (Å²) in [5.41, 5.74) is 0. The molecule has 0 bridgehead atoms. The van der Waals surface area contributed by atoms with Gasteiger partial charge in [0.25, 0.3) is 0 Å². The number of alkyl halides is 2. The zero-order valence-electron chi connectivity index (χ0n) is 9.71. The normalized spacial score (nSPS) is 48.8. The van der Waals surface area contributed by atoms with Gasteiger partial charge in [0.2, 0.25) is 0 Å². The average Bonchev–Trinajstić information content (AvgIpc) is 2.49. The first-order chi connectivity index (χ1) is 7.40. The monoisotopic (exact) mass is 368 g/mol. The number of halogens is 2. The first-order valence-corrected chi connectivity index (χ1v) is 8.60. The third kappa shape index (κ3) is 2.02. The zero-order valence-corrected chi connectivity index (χ0v) is 13.7. The highest BCUT2D eigenvalue weighted by Crippen LogP contribution is 2.67. The minimum atomic E-state index is 0.0454. The third-order valence-corrected chi connectivity index (χ3v) is 8.03. The van der Waals surface area contributed by atoms with E-state index in [1.807, 2.05) is 11.8 Å². The van der Waals surface area contributed by atoms with E-state index in [-0.39, 0.29) is 8.17 Å². The smallest absolute Gasteiger partial charge is 0.108 e. The number of hydrogen-bond donors (Lipinski definition) is 0. The molecular formula is C12H18Br2OS. The van der Waals surface area contributed by atoms with Gasteiger partial charge in [0.1, 0.15) is 4.93 Å². The lowest BCUT2D eigenvalue weighted by Gasteiger charge is -2.20. The van der Waals surface area contributed by atoms with Gasteiger partial charge in [-0.1, -0.05) is 31.9 Å². The fourth-order valence-corrected chi connectivity index (χ4v) is 6.77. The zero-order chi connectivity index (χ0) is 11.6. The lowest BCUT2D eigenvalue weighted by molar-refractivity contribution is -0.00317. The van der Waals surface area contributed by atoms with E-state index in [1.165, 1.54) is 25.7 Å². The summed E-state index contributed by atoms with van der Waals surface area (Å²) in [4.78, 5) is 0.0454. The summed E-state index contributed by atoms with van der Waals surface area (Å²) < 4.78 is 6.42. The predicted molar refractivity (Wildman–Crippen MR) is 76.4 cm³/mol. The largest absolute Gasteiger partial charge is 0.361 e. The van der Waals surface area contributed by atoms with Crippen molar-refractivity contribution in [2.24, 2.45) is 11.8 Å². The van der Waals surface area contributed by atoms with Crippen molar-refractivity contribution in [2.45, 2.75) is 59.1 Å². The second-order valence-corrected chi connectivity index (χ2v) is 11.3. The maximum Gasteiger partial charge on any atom is 0.108 e. The molecule has 1 heterocycles. The first-order valence-electron chi connectivity index (χ1n) is 6.13. The lowest BCUT2D eigenvalue weighted by Crippen LogP contribution is -2.23. The lowest BCUT2D eigenvalue weighted by atomic mass is 9.98. The van der Waals surface area contributed by atoms with Gasteiger partial charge in [0, 0.05) is 5.25 Å². The first kappa shape index (κ1) is 12.3. The molecule has 3 aliphatic rings. The molecule has 3 rings (SSSR count). The van der Waals surface area contributed by atoms with Crippen LogP contribution in [0.1, 0.15) is 39.5 Å².